The SMILES string of the molecule is CN(C)C(=O)NC1(C)CCC(CCN2CCN(c3cccc(Cl)c3Cl)CC2)CC1. The molecule has 0 unspecified atom stereocenters. The predicted octanol–water partition coefficient (Wildman–Crippen LogP) is 4.73. The monoisotopic (exact) mass is 440 g/mol. The molecule has 1 N–H and O–H groups in total. The van der Waals surface area contributed by atoms with E-state index in [9.17, 15) is 4.79 Å². The molecule has 2 fully saturated rings. The van der Waals surface area contributed by atoms with Gasteiger partial charge in [0.15, 0.2) is 0 Å². The third-order valence-electron chi connectivity index (χ3n) is 6.52. The minimum atomic E-state index is -0.0558. The van der Waals surface area contributed by atoms with Gasteiger partial charge in [-0.3, -0.25) is 4.90 Å². The van der Waals surface area contributed by atoms with Crippen LogP contribution in [0.4, 0.5) is 10.5 Å². The van der Waals surface area contributed by atoms with Gasteiger partial charge in [0.05, 0.1) is 15.7 Å². The molecule has 1 aromatic carbocycles. The molecular weight excluding hydrogens is 407 g/mol. The van der Waals surface area contributed by atoms with Crippen LogP contribution in [0.15, 0.2) is 18.2 Å². The summed E-state index contributed by atoms with van der Waals surface area (Å²) in [5.74, 6) is 0.764. The molecule has 2 amide bonds. The third-order valence-corrected chi connectivity index (χ3v) is 7.33. The van der Waals surface area contributed by atoms with Gasteiger partial charge < -0.3 is 15.1 Å². The molecule has 29 heavy (non-hydrogen) atoms. The van der Waals surface area contributed by atoms with Crippen molar-refractivity contribution in [2.75, 3.05) is 51.7 Å². The number of nitrogens with zero attached hydrogens (tertiary/aromatic N) is 3. The Kier molecular flexibility index (Phi) is 7.58. The molecule has 1 aliphatic heterocycles. The Morgan fingerprint density at radius 2 is 1.83 bits per heavy atom. The van der Waals surface area contributed by atoms with E-state index in [0.29, 0.717) is 10.0 Å². The molecular formula is C22H34Cl2N4O. The maximum Gasteiger partial charge on any atom is 0.317 e. The number of anilines is 1. The van der Waals surface area contributed by atoms with Crippen molar-refractivity contribution in [2.24, 2.45) is 5.92 Å². The lowest BCUT2D eigenvalue weighted by Gasteiger charge is -2.40. The summed E-state index contributed by atoms with van der Waals surface area (Å²) in [6.07, 6.45) is 5.77. The normalized spacial score (nSPS) is 25.7. The molecule has 1 saturated heterocycles. The first-order valence-electron chi connectivity index (χ1n) is 10.7. The fourth-order valence-corrected chi connectivity index (χ4v) is 4.83. The summed E-state index contributed by atoms with van der Waals surface area (Å²) >= 11 is 12.5. The lowest BCUT2D eigenvalue weighted by molar-refractivity contribution is 0.162. The quantitative estimate of drug-likeness (QED) is 0.719. The van der Waals surface area contributed by atoms with Gasteiger partial charge in [-0.05, 0) is 63.6 Å². The van der Waals surface area contributed by atoms with Crippen LogP contribution in [0.2, 0.25) is 10.0 Å². The Hall–Kier alpha value is -1.17. The Balaban J connectivity index is 1.39. The molecule has 2 aliphatic rings. The molecule has 7 heteroatoms. The standard InChI is InChI=1S/C22H34Cl2N4O/c1-22(25-21(29)26(2)3)10-7-17(8-11-22)9-12-27-13-15-28(16-14-27)19-6-4-5-18(23)20(19)24/h4-6,17H,7-16H2,1-3H3,(H,25,29). The molecule has 0 bridgehead atoms. The molecule has 0 spiro atoms. The average molecular weight is 441 g/mol. The number of rotatable bonds is 5. The molecule has 1 aromatic rings. The van der Waals surface area contributed by atoms with Gasteiger partial charge in [-0.25, -0.2) is 4.79 Å². The third kappa shape index (κ3) is 5.93. The summed E-state index contributed by atoms with van der Waals surface area (Å²) in [5, 5.41) is 4.48. The number of hydrogen-bond acceptors (Lipinski definition) is 3. The summed E-state index contributed by atoms with van der Waals surface area (Å²) in [4.78, 5) is 18.5. The minimum absolute atomic E-state index is 0.0172. The maximum atomic E-state index is 12.0. The van der Waals surface area contributed by atoms with Gasteiger partial charge in [0.1, 0.15) is 0 Å². The number of urea groups is 1. The van der Waals surface area contributed by atoms with Crippen LogP contribution in [-0.4, -0.2) is 68.2 Å². The van der Waals surface area contributed by atoms with Gasteiger partial charge in [0, 0.05) is 45.8 Å². The van der Waals surface area contributed by atoms with Crippen molar-refractivity contribution in [3.8, 4) is 0 Å². The zero-order valence-electron chi connectivity index (χ0n) is 17.9. The van der Waals surface area contributed by atoms with E-state index in [1.165, 1.54) is 19.3 Å². The summed E-state index contributed by atoms with van der Waals surface area (Å²) < 4.78 is 0. The predicted molar refractivity (Wildman–Crippen MR) is 122 cm³/mol. The Labute approximate surface area is 185 Å². The van der Waals surface area contributed by atoms with Crippen molar-refractivity contribution in [1.29, 1.82) is 0 Å². The number of halogens is 2. The first-order chi connectivity index (χ1) is 13.8. The van der Waals surface area contributed by atoms with E-state index in [1.54, 1.807) is 19.0 Å². The van der Waals surface area contributed by atoms with Gasteiger partial charge in [0.25, 0.3) is 0 Å². The van der Waals surface area contributed by atoms with E-state index in [4.69, 9.17) is 23.2 Å². The van der Waals surface area contributed by atoms with Crippen molar-refractivity contribution in [3.05, 3.63) is 28.2 Å². The molecule has 3 rings (SSSR count). The molecule has 0 atom stereocenters. The highest BCUT2D eigenvalue weighted by Crippen LogP contribution is 2.35. The number of benzene rings is 1. The van der Waals surface area contributed by atoms with Gasteiger partial charge in [-0.1, -0.05) is 29.3 Å². The van der Waals surface area contributed by atoms with Crippen molar-refractivity contribution in [2.45, 2.75) is 44.6 Å². The van der Waals surface area contributed by atoms with Crippen molar-refractivity contribution < 1.29 is 4.79 Å². The largest absolute Gasteiger partial charge is 0.368 e. The van der Waals surface area contributed by atoms with E-state index < -0.39 is 0 Å². The van der Waals surface area contributed by atoms with Crippen LogP contribution in [0.3, 0.4) is 0 Å². The van der Waals surface area contributed by atoms with Crippen LogP contribution < -0.4 is 10.2 Å². The van der Waals surface area contributed by atoms with Crippen molar-refractivity contribution in [3.63, 3.8) is 0 Å². The fourth-order valence-electron chi connectivity index (χ4n) is 4.41. The van der Waals surface area contributed by atoms with E-state index in [-0.39, 0.29) is 11.6 Å². The number of amides is 2. The first-order valence-corrected chi connectivity index (χ1v) is 11.4. The maximum absolute atomic E-state index is 12.0. The van der Waals surface area contributed by atoms with Crippen LogP contribution in [0, 0.1) is 5.92 Å². The Morgan fingerprint density at radius 3 is 2.45 bits per heavy atom. The highest BCUT2D eigenvalue weighted by atomic mass is 35.5. The highest BCUT2D eigenvalue weighted by Gasteiger charge is 2.33. The molecule has 1 saturated carbocycles. The molecule has 0 radical (unpaired) electrons. The number of nitrogens with one attached hydrogen (secondary N) is 1. The van der Waals surface area contributed by atoms with E-state index in [1.807, 2.05) is 12.1 Å². The highest BCUT2D eigenvalue weighted by molar-refractivity contribution is 6.43. The van der Waals surface area contributed by atoms with Crippen molar-refractivity contribution in [1.82, 2.24) is 15.1 Å². The zero-order valence-corrected chi connectivity index (χ0v) is 19.4. The van der Waals surface area contributed by atoms with Crippen LogP contribution in [0.5, 0.6) is 0 Å². The molecule has 162 valence electrons. The van der Waals surface area contributed by atoms with Gasteiger partial charge >= 0.3 is 6.03 Å². The molecule has 5 nitrogen and oxygen atoms in total. The van der Waals surface area contributed by atoms with Crippen LogP contribution in [0.1, 0.15) is 39.0 Å². The number of carbonyl (C=O) groups is 1. The van der Waals surface area contributed by atoms with Crippen LogP contribution in [-0.2, 0) is 0 Å². The van der Waals surface area contributed by atoms with Crippen LogP contribution in [0.25, 0.3) is 0 Å². The van der Waals surface area contributed by atoms with Gasteiger partial charge in [0.2, 0.25) is 0 Å². The van der Waals surface area contributed by atoms with E-state index in [2.05, 4.69) is 28.1 Å². The zero-order chi connectivity index (χ0) is 21.0. The Bertz CT molecular complexity index is 696. The fraction of sp³-hybridized carbons (Fsp3) is 0.682. The number of piperazine rings is 1. The van der Waals surface area contributed by atoms with E-state index >= 15 is 0 Å². The number of carbonyl (C=O) groups excluding carboxylic acids is 1. The summed E-state index contributed by atoms with van der Waals surface area (Å²) in [7, 11) is 3.59. The molecule has 0 aromatic heterocycles. The van der Waals surface area contributed by atoms with Gasteiger partial charge in [-0.15, -0.1) is 0 Å². The second-order valence-electron chi connectivity index (χ2n) is 9.02. The lowest BCUT2D eigenvalue weighted by atomic mass is 9.76. The molecule has 1 heterocycles. The average Bonchev–Trinajstić information content (AvgIpc) is 2.70. The lowest BCUT2D eigenvalue weighted by Crippen LogP contribution is -2.51. The van der Waals surface area contributed by atoms with E-state index in [0.717, 1.165) is 57.2 Å². The Morgan fingerprint density at radius 1 is 1.17 bits per heavy atom. The smallest absolute Gasteiger partial charge is 0.317 e. The topological polar surface area (TPSA) is 38.8 Å². The number of hydrogen-bond donors (Lipinski definition) is 1. The van der Waals surface area contributed by atoms with Crippen LogP contribution >= 0.6 is 23.2 Å². The summed E-state index contributed by atoms with van der Waals surface area (Å²) in [5.41, 5.74) is 0.991. The molecule has 1 aliphatic carbocycles. The van der Waals surface area contributed by atoms with Crippen molar-refractivity contribution >= 4 is 34.9 Å². The first kappa shape index (κ1) is 22.5. The second kappa shape index (κ2) is 9.76. The second-order valence-corrected chi connectivity index (χ2v) is 9.80. The summed E-state index contributed by atoms with van der Waals surface area (Å²) in [6.45, 7) is 7.43. The van der Waals surface area contributed by atoms with Gasteiger partial charge in [-0.2, -0.15) is 0 Å². The minimum Gasteiger partial charge on any atom is -0.368 e. The summed E-state index contributed by atoms with van der Waals surface area (Å²) in [6, 6.07) is 5.87.